The summed E-state index contributed by atoms with van der Waals surface area (Å²) in [5.41, 5.74) is 10.4. The van der Waals surface area contributed by atoms with Crippen LogP contribution >= 0.6 is 24.8 Å². The number of hydrogen-bond acceptors (Lipinski definition) is 4. The molecule has 0 aliphatic carbocycles. The third-order valence-electron chi connectivity index (χ3n) is 4.36. The summed E-state index contributed by atoms with van der Waals surface area (Å²) >= 11 is 0. The van der Waals surface area contributed by atoms with E-state index in [4.69, 9.17) is 11.5 Å². The lowest BCUT2D eigenvalue weighted by Gasteiger charge is -2.23. The lowest BCUT2D eigenvalue weighted by molar-refractivity contribution is -0.0703. The van der Waals surface area contributed by atoms with Gasteiger partial charge in [-0.2, -0.15) is 0 Å². The van der Waals surface area contributed by atoms with E-state index in [-0.39, 0.29) is 24.8 Å². The lowest BCUT2D eigenvalue weighted by Crippen LogP contribution is -2.58. The van der Waals surface area contributed by atoms with E-state index in [2.05, 4.69) is 6.92 Å². The first-order valence-corrected chi connectivity index (χ1v) is 9.46. The molecule has 0 spiro atoms. The molecule has 0 amide bonds. The van der Waals surface area contributed by atoms with Crippen molar-refractivity contribution in [2.75, 3.05) is 0 Å². The Morgan fingerprint density at radius 1 is 0.667 bits per heavy atom. The predicted molar refractivity (Wildman–Crippen MR) is 109 cm³/mol. The van der Waals surface area contributed by atoms with Gasteiger partial charge in [0.25, 0.3) is 0 Å². The summed E-state index contributed by atoms with van der Waals surface area (Å²) in [5.74, 6) is -1.95. The topological polar surface area (TPSA) is 92.5 Å². The van der Waals surface area contributed by atoms with E-state index in [1.165, 1.54) is 77.0 Å². The number of rotatable bonds is 16. The number of nitrogens with two attached hydrogens (primary N) is 2. The highest BCUT2D eigenvalue weighted by Gasteiger charge is 2.24. The van der Waals surface area contributed by atoms with Gasteiger partial charge in [0.1, 0.15) is 6.10 Å². The molecular formula is C18H42Cl2N2O2. The van der Waals surface area contributed by atoms with E-state index in [1.807, 2.05) is 0 Å². The van der Waals surface area contributed by atoms with Crippen LogP contribution in [0, 0.1) is 0 Å². The summed E-state index contributed by atoms with van der Waals surface area (Å²) in [6.07, 6.45) is 17.7. The van der Waals surface area contributed by atoms with Crippen LogP contribution in [0.1, 0.15) is 103 Å². The van der Waals surface area contributed by atoms with Gasteiger partial charge in [-0.1, -0.05) is 96.8 Å². The van der Waals surface area contributed by atoms with Crippen molar-refractivity contribution in [3.8, 4) is 0 Å². The Labute approximate surface area is 162 Å². The van der Waals surface area contributed by atoms with E-state index in [0.717, 1.165) is 12.8 Å². The first-order valence-electron chi connectivity index (χ1n) is 9.46. The highest BCUT2D eigenvalue weighted by atomic mass is 35.5. The van der Waals surface area contributed by atoms with E-state index in [0.29, 0.717) is 6.42 Å². The monoisotopic (exact) mass is 388 g/mol. The molecule has 0 saturated heterocycles. The van der Waals surface area contributed by atoms with Gasteiger partial charge >= 0.3 is 0 Å². The molecule has 0 aliphatic rings. The molecule has 6 N–H and O–H groups in total. The summed E-state index contributed by atoms with van der Waals surface area (Å²) in [6.45, 7) is 2.26. The maximum Gasteiger partial charge on any atom is 0.193 e. The lowest BCUT2D eigenvalue weighted by atomic mass is 10.0. The Morgan fingerprint density at radius 2 is 0.958 bits per heavy atom. The largest absolute Gasteiger partial charge is 0.387 e. The number of aliphatic hydroxyl groups excluding tert-OH is 1. The first kappa shape index (κ1) is 29.2. The van der Waals surface area contributed by atoms with Gasteiger partial charge < -0.3 is 10.2 Å². The predicted octanol–water partition coefficient (Wildman–Crippen LogP) is 4.63. The van der Waals surface area contributed by atoms with Crippen molar-refractivity contribution in [1.82, 2.24) is 0 Å². The van der Waals surface area contributed by atoms with Crippen molar-refractivity contribution >= 4 is 24.8 Å². The fraction of sp³-hybridized carbons (Fsp3) is 1.00. The number of halogens is 2. The Bertz CT molecular complexity index is 240. The zero-order valence-electron chi connectivity index (χ0n) is 15.5. The molecule has 0 heterocycles. The molecular weight excluding hydrogens is 347 g/mol. The molecule has 150 valence electrons. The van der Waals surface area contributed by atoms with Crippen LogP contribution in [0.4, 0.5) is 0 Å². The molecule has 0 bridgehead atoms. The summed E-state index contributed by atoms with van der Waals surface area (Å²) < 4.78 is 0. The Balaban J connectivity index is -0.00000220. The molecule has 0 aromatic heterocycles. The van der Waals surface area contributed by atoms with Crippen LogP contribution in [0.5, 0.6) is 0 Å². The Morgan fingerprint density at radius 3 is 1.25 bits per heavy atom. The van der Waals surface area contributed by atoms with Crippen LogP contribution in [-0.2, 0) is 0 Å². The van der Waals surface area contributed by atoms with Crippen molar-refractivity contribution in [3.63, 3.8) is 0 Å². The minimum absolute atomic E-state index is 0. The quantitative estimate of drug-likeness (QED) is 0.229. The summed E-state index contributed by atoms with van der Waals surface area (Å²) in [5, 5.41) is 18.7. The normalized spacial score (nSPS) is 12.4. The van der Waals surface area contributed by atoms with Gasteiger partial charge in [0, 0.05) is 0 Å². The number of aliphatic hydroxyl groups is 2. The molecule has 6 heteroatoms. The smallest absolute Gasteiger partial charge is 0.193 e. The zero-order chi connectivity index (χ0) is 16.7. The van der Waals surface area contributed by atoms with Gasteiger partial charge in [-0.3, -0.25) is 11.5 Å². The van der Waals surface area contributed by atoms with Crippen molar-refractivity contribution in [2.45, 2.75) is 115 Å². The fourth-order valence-electron chi connectivity index (χ4n) is 2.76. The summed E-state index contributed by atoms with van der Waals surface area (Å²) in [7, 11) is 0. The number of hydrogen-bond donors (Lipinski definition) is 4. The number of unbranched alkanes of at least 4 members (excludes halogenated alkanes) is 13. The molecule has 0 aromatic rings. The van der Waals surface area contributed by atoms with Crippen LogP contribution in [0.25, 0.3) is 0 Å². The molecule has 4 nitrogen and oxygen atoms in total. The minimum atomic E-state index is -1.95. The van der Waals surface area contributed by atoms with Gasteiger partial charge in [0.2, 0.25) is 0 Å². The average molecular weight is 389 g/mol. The maximum atomic E-state index is 9.48. The van der Waals surface area contributed by atoms with E-state index in [1.54, 1.807) is 0 Å². The molecule has 0 fully saturated rings. The third-order valence-corrected chi connectivity index (χ3v) is 4.36. The van der Waals surface area contributed by atoms with Gasteiger partial charge in [-0.05, 0) is 6.42 Å². The van der Waals surface area contributed by atoms with E-state index in [9.17, 15) is 10.2 Å². The van der Waals surface area contributed by atoms with E-state index < -0.39 is 12.0 Å². The molecule has 0 saturated carbocycles. The standard InChI is InChI=1S/C18H40N2O2.2ClH/c1-2-3-4-5-6-7-8-9-10-11-12-13-14-15-16-17(21)18(19,20)22;;/h17,21-22H,2-16,19-20H2,1H3;2*1H. The van der Waals surface area contributed by atoms with Crippen LogP contribution in [0.3, 0.4) is 0 Å². The van der Waals surface area contributed by atoms with E-state index >= 15 is 0 Å². The van der Waals surface area contributed by atoms with Crippen LogP contribution < -0.4 is 11.5 Å². The molecule has 1 unspecified atom stereocenters. The second-order valence-corrected chi connectivity index (χ2v) is 6.79. The molecule has 0 rings (SSSR count). The molecule has 0 radical (unpaired) electrons. The van der Waals surface area contributed by atoms with Gasteiger partial charge in [-0.25, -0.2) is 0 Å². The SMILES string of the molecule is CCCCCCCCCCCCCCCCC(O)C(N)(N)O.Cl.Cl. The minimum Gasteiger partial charge on any atom is -0.387 e. The van der Waals surface area contributed by atoms with Gasteiger partial charge in [0.15, 0.2) is 5.85 Å². The summed E-state index contributed by atoms with van der Waals surface area (Å²) in [4.78, 5) is 0. The second kappa shape index (κ2) is 19.7. The average Bonchev–Trinajstić information content (AvgIpc) is 2.46. The zero-order valence-corrected chi connectivity index (χ0v) is 17.2. The molecule has 1 atom stereocenters. The van der Waals surface area contributed by atoms with Gasteiger partial charge in [0.05, 0.1) is 0 Å². The highest BCUT2D eigenvalue weighted by molar-refractivity contribution is 5.85. The molecule has 0 aliphatic heterocycles. The fourth-order valence-corrected chi connectivity index (χ4v) is 2.76. The Kier molecular flexibility index (Phi) is 24.0. The maximum absolute atomic E-state index is 9.48. The van der Waals surface area contributed by atoms with Gasteiger partial charge in [-0.15, -0.1) is 24.8 Å². The van der Waals surface area contributed by atoms with Crippen molar-refractivity contribution in [2.24, 2.45) is 11.5 Å². The Hall–Kier alpha value is 0.420. The molecule has 24 heavy (non-hydrogen) atoms. The van der Waals surface area contributed by atoms with Crippen molar-refractivity contribution in [3.05, 3.63) is 0 Å². The van der Waals surface area contributed by atoms with Crippen LogP contribution in [-0.4, -0.2) is 22.2 Å². The van der Waals surface area contributed by atoms with Crippen molar-refractivity contribution < 1.29 is 10.2 Å². The second-order valence-electron chi connectivity index (χ2n) is 6.79. The van der Waals surface area contributed by atoms with Crippen LogP contribution in [0.2, 0.25) is 0 Å². The molecule has 0 aromatic carbocycles. The van der Waals surface area contributed by atoms with Crippen molar-refractivity contribution in [1.29, 1.82) is 0 Å². The first-order chi connectivity index (χ1) is 10.5. The highest BCUT2D eigenvalue weighted by Crippen LogP contribution is 2.14. The summed E-state index contributed by atoms with van der Waals surface area (Å²) in [6, 6.07) is 0. The van der Waals surface area contributed by atoms with Crippen LogP contribution in [0.15, 0.2) is 0 Å². The third kappa shape index (κ3) is 20.5.